The fourth-order valence-corrected chi connectivity index (χ4v) is 3.75. The summed E-state index contributed by atoms with van der Waals surface area (Å²) in [5.74, 6) is 0.571. The Morgan fingerprint density at radius 1 is 1.10 bits per heavy atom. The van der Waals surface area contributed by atoms with E-state index in [4.69, 9.17) is 16.3 Å². The van der Waals surface area contributed by atoms with Crippen molar-refractivity contribution < 1.29 is 9.53 Å². The Hall–Kier alpha value is -3.90. The molecule has 31 heavy (non-hydrogen) atoms. The highest BCUT2D eigenvalue weighted by molar-refractivity contribution is 6.35. The average molecular weight is 429 g/mol. The van der Waals surface area contributed by atoms with E-state index in [-0.39, 0.29) is 5.91 Å². The number of rotatable bonds is 4. The third-order valence-corrected chi connectivity index (χ3v) is 5.48. The summed E-state index contributed by atoms with van der Waals surface area (Å²) in [6, 6.07) is 13.3. The van der Waals surface area contributed by atoms with Crippen molar-refractivity contribution in [3.63, 3.8) is 0 Å². The Morgan fingerprint density at radius 2 is 2.00 bits per heavy atom. The molecule has 5 rings (SSSR count). The second-order valence-electron chi connectivity index (χ2n) is 7.07. The normalized spacial score (nSPS) is 14.4. The second-order valence-corrected chi connectivity index (χ2v) is 7.48. The number of benzene rings is 2. The third-order valence-electron chi connectivity index (χ3n) is 5.16. The van der Waals surface area contributed by atoms with Gasteiger partial charge in [-0.1, -0.05) is 23.7 Å². The predicted octanol–water partition coefficient (Wildman–Crippen LogP) is 5.28. The lowest BCUT2D eigenvalue weighted by atomic mass is 10.0. The number of fused-ring (bicyclic) bond motifs is 2. The summed E-state index contributed by atoms with van der Waals surface area (Å²) in [5, 5.41) is 11.9. The van der Waals surface area contributed by atoms with E-state index < -0.39 is 0 Å². The van der Waals surface area contributed by atoms with Crippen LogP contribution in [0.5, 0.6) is 5.75 Å². The van der Waals surface area contributed by atoms with E-state index in [1.807, 2.05) is 60.7 Å². The molecule has 2 aromatic carbocycles. The molecule has 0 radical (unpaired) electrons. The Bertz CT molecular complexity index is 1390. The highest BCUT2D eigenvalue weighted by Crippen LogP contribution is 2.36. The highest BCUT2D eigenvalue weighted by Gasteiger charge is 2.24. The van der Waals surface area contributed by atoms with E-state index in [2.05, 4.69) is 20.5 Å². The van der Waals surface area contributed by atoms with Crippen LogP contribution in [-0.2, 0) is 4.79 Å². The number of carbonyl (C=O) groups excluding carboxylic acids is 1. The largest absolute Gasteiger partial charge is 0.497 e. The molecule has 7 heteroatoms. The zero-order valence-electron chi connectivity index (χ0n) is 16.5. The highest BCUT2D eigenvalue weighted by atomic mass is 35.5. The molecule has 0 aliphatic carbocycles. The van der Waals surface area contributed by atoms with Gasteiger partial charge in [0.25, 0.3) is 5.91 Å². The summed E-state index contributed by atoms with van der Waals surface area (Å²) in [6.07, 6.45) is 8.98. The molecule has 4 aromatic rings. The maximum absolute atomic E-state index is 12.5. The van der Waals surface area contributed by atoms with Crippen LogP contribution in [-0.4, -0.2) is 28.2 Å². The summed E-state index contributed by atoms with van der Waals surface area (Å²) in [7, 11) is 1.61. The van der Waals surface area contributed by atoms with Gasteiger partial charge in [-0.15, -0.1) is 0 Å². The summed E-state index contributed by atoms with van der Waals surface area (Å²) >= 11 is 6.16. The van der Waals surface area contributed by atoms with E-state index >= 15 is 0 Å². The molecule has 0 saturated carbocycles. The minimum atomic E-state index is -0.134. The first-order valence-corrected chi connectivity index (χ1v) is 9.97. The van der Waals surface area contributed by atoms with Gasteiger partial charge in [0.2, 0.25) is 0 Å². The number of amides is 1. The van der Waals surface area contributed by atoms with E-state index in [1.165, 1.54) is 0 Å². The number of ether oxygens (including phenoxy) is 1. The van der Waals surface area contributed by atoms with Gasteiger partial charge in [0, 0.05) is 34.6 Å². The number of nitrogens with one attached hydrogen (secondary N) is 2. The molecule has 1 aliphatic heterocycles. The van der Waals surface area contributed by atoms with Crippen LogP contribution in [0.2, 0.25) is 5.02 Å². The van der Waals surface area contributed by atoms with E-state index in [0.717, 1.165) is 39.0 Å². The van der Waals surface area contributed by atoms with Crippen molar-refractivity contribution in [3.05, 3.63) is 82.3 Å². The predicted molar refractivity (Wildman–Crippen MR) is 124 cm³/mol. The zero-order valence-corrected chi connectivity index (χ0v) is 17.3. The summed E-state index contributed by atoms with van der Waals surface area (Å²) in [6.45, 7) is 0. The van der Waals surface area contributed by atoms with Gasteiger partial charge in [-0.05, 0) is 59.7 Å². The van der Waals surface area contributed by atoms with Crippen LogP contribution < -0.4 is 10.1 Å². The van der Waals surface area contributed by atoms with Gasteiger partial charge in [0.05, 0.1) is 23.3 Å². The van der Waals surface area contributed by atoms with Crippen LogP contribution in [0.25, 0.3) is 34.7 Å². The first-order valence-electron chi connectivity index (χ1n) is 9.59. The Balaban J connectivity index is 1.48. The number of anilines is 1. The fourth-order valence-electron chi connectivity index (χ4n) is 3.57. The number of methoxy groups -OCH3 is 1. The molecule has 1 aliphatic rings. The lowest BCUT2D eigenvalue weighted by Gasteiger charge is -2.03. The number of halogens is 1. The molecule has 1 amide bonds. The van der Waals surface area contributed by atoms with Crippen molar-refractivity contribution in [2.24, 2.45) is 0 Å². The maximum Gasteiger partial charge on any atom is 0.256 e. The molecule has 2 N–H and O–H groups in total. The molecule has 0 fully saturated rings. The van der Waals surface area contributed by atoms with Gasteiger partial charge in [0.1, 0.15) is 5.75 Å². The minimum absolute atomic E-state index is 0.134. The fraction of sp³-hybridized carbons (Fsp3) is 0.0417. The maximum atomic E-state index is 12.5. The summed E-state index contributed by atoms with van der Waals surface area (Å²) < 4.78 is 5.30. The average Bonchev–Trinajstić information content (AvgIpc) is 3.33. The number of pyridine rings is 1. The first-order chi connectivity index (χ1) is 15.1. The van der Waals surface area contributed by atoms with Gasteiger partial charge in [-0.3, -0.25) is 14.9 Å². The Morgan fingerprint density at radius 3 is 2.84 bits per heavy atom. The summed E-state index contributed by atoms with van der Waals surface area (Å²) in [5.41, 5.74) is 5.64. The van der Waals surface area contributed by atoms with E-state index in [0.29, 0.717) is 16.3 Å². The van der Waals surface area contributed by atoms with Crippen LogP contribution in [0.15, 0.2) is 54.9 Å². The molecule has 3 heterocycles. The van der Waals surface area contributed by atoms with Crippen molar-refractivity contribution in [1.29, 1.82) is 0 Å². The molecule has 0 bridgehead atoms. The molecule has 0 saturated heterocycles. The molecule has 2 aromatic heterocycles. The van der Waals surface area contributed by atoms with Crippen molar-refractivity contribution >= 4 is 57.9 Å². The Labute approximate surface area is 183 Å². The van der Waals surface area contributed by atoms with Crippen molar-refractivity contribution in [2.75, 3.05) is 12.4 Å². The number of hydrogen-bond acceptors (Lipinski definition) is 4. The van der Waals surface area contributed by atoms with Crippen molar-refractivity contribution in [3.8, 4) is 5.75 Å². The summed E-state index contributed by atoms with van der Waals surface area (Å²) in [4.78, 5) is 16.5. The van der Waals surface area contributed by atoms with E-state index in [1.54, 1.807) is 19.5 Å². The van der Waals surface area contributed by atoms with Gasteiger partial charge in [-0.2, -0.15) is 5.10 Å². The second kappa shape index (κ2) is 7.74. The van der Waals surface area contributed by atoms with E-state index in [9.17, 15) is 4.79 Å². The standard InChI is InChI=1S/C24H17ClN4O2/c1-31-16-4-7-21-18(12-16)19(24(30)27-21)10-14-2-5-17-22(28-29-23(17)11-14)6-3-15-8-9-26-13-20(15)25/h2-13H,1H3,(H,27,30)(H,28,29)/b6-3+,19-10+. The van der Waals surface area contributed by atoms with Crippen LogP contribution in [0.1, 0.15) is 22.4 Å². The number of aromatic amines is 1. The molecular formula is C24H17ClN4O2. The van der Waals surface area contributed by atoms with Gasteiger partial charge in [0.15, 0.2) is 0 Å². The lowest BCUT2D eigenvalue weighted by Crippen LogP contribution is -2.03. The molecule has 0 atom stereocenters. The van der Waals surface area contributed by atoms with Gasteiger partial charge in [-0.25, -0.2) is 0 Å². The topological polar surface area (TPSA) is 79.9 Å². The number of H-pyrrole nitrogens is 1. The van der Waals surface area contributed by atoms with Crippen LogP contribution in [0.3, 0.4) is 0 Å². The van der Waals surface area contributed by atoms with Gasteiger partial charge >= 0.3 is 0 Å². The van der Waals surface area contributed by atoms with Crippen LogP contribution in [0, 0.1) is 0 Å². The van der Waals surface area contributed by atoms with Crippen molar-refractivity contribution in [1.82, 2.24) is 15.2 Å². The van der Waals surface area contributed by atoms with Crippen molar-refractivity contribution in [2.45, 2.75) is 0 Å². The number of aromatic nitrogens is 3. The first kappa shape index (κ1) is 19.1. The van der Waals surface area contributed by atoms with Crippen LogP contribution in [0.4, 0.5) is 5.69 Å². The number of carbonyl (C=O) groups is 1. The molecular weight excluding hydrogens is 412 g/mol. The number of hydrogen-bond donors (Lipinski definition) is 2. The molecule has 0 spiro atoms. The molecule has 0 unspecified atom stereocenters. The Kier molecular flexibility index (Phi) is 4.76. The molecule has 152 valence electrons. The number of nitrogens with zero attached hydrogens (tertiary/aromatic N) is 2. The third kappa shape index (κ3) is 3.58. The monoisotopic (exact) mass is 428 g/mol. The zero-order chi connectivity index (χ0) is 21.4. The van der Waals surface area contributed by atoms with Gasteiger partial charge < -0.3 is 10.1 Å². The minimum Gasteiger partial charge on any atom is -0.497 e. The quantitative estimate of drug-likeness (QED) is 0.433. The lowest BCUT2D eigenvalue weighted by molar-refractivity contribution is -0.110. The van der Waals surface area contributed by atoms with Crippen LogP contribution >= 0.6 is 11.6 Å². The molecule has 6 nitrogen and oxygen atoms in total. The smallest absolute Gasteiger partial charge is 0.256 e. The SMILES string of the molecule is COc1ccc2c(c1)/C(=C\c1ccc3c(/C=C/c4ccncc4Cl)n[nH]c3c1)C(=O)N2.